The average Bonchev–Trinajstić information content (AvgIpc) is 2.66. The van der Waals surface area contributed by atoms with E-state index in [1.807, 2.05) is 0 Å². The fourth-order valence-electron chi connectivity index (χ4n) is 1.89. The third-order valence-corrected chi connectivity index (χ3v) is 4.10. The van der Waals surface area contributed by atoms with Crippen molar-refractivity contribution in [1.82, 2.24) is 0 Å². The summed E-state index contributed by atoms with van der Waals surface area (Å²) in [7, 11) is 1.36. The zero-order chi connectivity index (χ0) is 19.1. The highest BCUT2D eigenvalue weighted by molar-refractivity contribution is 14.1. The van der Waals surface area contributed by atoms with Crippen molar-refractivity contribution in [1.29, 1.82) is 0 Å². The van der Waals surface area contributed by atoms with Crippen molar-refractivity contribution in [2.24, 2.45) is 0 Å². The van der Waals surface area contributed by atoms with Gasteiger partial charge in [0.25, 0.3) is 0 Å². The lowest BCUT2D eigenvalue weighted by Crippen LogP contribution is -2.14. The first-order valence-electron chi connectivity index (χ1n) is 9.32. The molecule has 0 unspecified atom stereocenters. The molecule has 0 rings (SSSR count). The van der Waals surface area contributed by atoms with Gasteiger partial charge in [-0.3, -0.25) is 4.79 Å². The summed E-state index contributed by atoms with van der Waals surface area (Å²) >= 11 is 2.41. The van der Waals surface area contributed by atoms with E-state index in [9.17, 15) is 4.79 Å². The molecule has 0 aliphatic heterocycles. The number of carbonyl (C=O) groups is 1. The molecule has 0 N–H and O–H groups in total. The standard InChI is InChI=1S/C18H35IO7/c1-21-18(20)6-9-23-11-13-25-15-17-26-16-14-24-12-10-22-8-5-3-2-4-7-19/h2-17H2,1H3. The molecular weight excluding hydrogens is 455 g/mol. The minimum Gasteiger partial charge on any atom is -0.469 e. The summed E-state index contributed by atoms with van der Waals surface area (Å²) < 4.78 is 32.7. The Hall–Kier alpha value is -0.000000000000000222. The molecule has 0 aliphatic rings. The van der Waals surface area contributed by atoms with Crippen LogP contribution < -0.4 is 0 Å². The Labute approximate surface area is 171 Å². The largest absolute Gasteiger partial charge is 0.469 e. The van der Waals surface area contributed by atoms with E-state index < -0.39 is 0 Å². The predicted molar refractivity (Wildman–Crippen MR) is 108 cm³/mol. The number of rotatable bonds is 21. The average molecular weight is 490 g/mol. The molecule has 0 saturated heterocycles. The predicted octanol–water partition coefficient (Wildman–Crippen LogP) is 2.63. The first kappa shape index (κ1) is 26.0. The SMILES string of the molecule is COC(=O)CCOCCOCCOCCOCCOCCCCCCI. The third-order valence-electron chi connectivity index (χ3n) is 3.34. The van der Waals surface area contributed by atoms with Crippen molar-refractivity contribution in [3.63, 3.8) is 0 Å². The van der Waals surface area contributed by atoms with Gasteiger partial charge in [-0.2, -0.15) is 0 Å². The van der Waals surface area contributed by atoms with E-state index in [-0.39, 0.29) is 12.4 Å². The molecule has 0 fully saturated rings. The van der Waals surface area contributed by atoms with Crippen LogP contribution in [-0.4, -0.2) is 83.6 Å². The second-order valence-electron chi connectivity index (χ2n) is 5.49. The number of esters is 1. The van der Waals surface area contributed by atoms with Gasteiger partial charge in [-0.25, -0.2) is 0 Å². The van der Waals surface area contributed by atoms with Crippen LogP contribution in [0.3, 0.4) is 0 Å². The molecule has 0 aromatic rings. The maximum absolute atomic E-state index is 10.8. The minimum absolute atomic E-state index is 0.267. The van der Waals surface area contributed by atoms with E-state index in [1.165, 1.54) is 30.8 Å². The maximum Gasteiger partial charge on any atom is 0.307 e. The van der Waals surface area contributed by atoms with Crippen molar-refractivity contribution in [2.45, 2.75) is 32.1 Å². The summed E-state index contributed by atoms with van der Waals surface area (Å²) in [4.78, 5) is 10.8. The van der Waals surface area contributed by atoms with Crippen molar-refractivity contribution in [3.8, 4) is 0 Å². The van der Waals surface area contributed by atoms with Gasteiger partial charge in [0.2, 0.25) is 0 Å². The second-order valence-corrected chi connectivity index (χ2v) is 6.57. The van der Waals surface area contributed by atoms with Crippen LogP contribution >= 0.6 is 22.6 Å². The van der Waals surface area contributed by atoms with Gasteiger partial charge in [-0.1, -0.05) is 35.4 Å². The quantitative estimate of drug-likeness (QED) is 0.106. The summed E-state index contributed by atoms with van der Waals surface area (Å²) in [5.74, 6) is -0.268. The molecule has 0 aromatic carbocycles. The van der Waals surface area contributed by atoms with Crippen LogP contribution in [0, 0.1) is 0 Å². The van der Waals surface area contributed by atoms with Crippen molar-refractivity contribution < 1.29 is 33.2 Å². The monoisotopic (exact) mass is 490 g/mol. The molecule has 26 heavy (non-hydrogen) atoms. The van der Waals surface area contributed by atoms with Crippen LogP contribution in [0.15, 0.2) is 0 Å². The van der Waals surface area contributed by atoms with Gasteiger partial charge in [0.1, 0.15) is 0 Å². The molecule has 7 nitrogen and oxygen atoms in total. The number of hydrogen-bond acceptors (Lipinski definition) is 7. The van der Waals surface area contributed by atoms with Gasteiger partial charge in [-0.15, -0.1) is 0 Å². The van der Waals surface area contributed by atoms with Gasteiger partial charge >= 0.3 is 5.97 Å². The van der Waals surface area contributed by atoms with Crippen LogP contribution in [0.25, 0.3) is 0 Å². The van der Waals surface area contributed by atoms with E-state index in [0.29, 0.717) is 59.5 Å². The zero-order valence-corrected chi connectivity index (χ0v) is 18.2. The highest BCUT2D eigenvalue weighted by Crippen LogP contribution is 2.02. The number of carbonyl (C=O) groups excluding carboxylic acids is 1. The molecule has 0 aromatic heterocycles. The molecule has 0 heterocycles. The van der Waals surface area contributed by atoms with Crippen LogP contribution in [0.2, 0.25) is 0 Å². The lowest BCUT2D eigenvalue weighted by atomic mass is 10.2. The van der Waals surface area contributed by atoms with Gasteiger partial charge in [0.15, 0.2) is 0 Å². The Morgan fingerprint density at radius 3 is 1.50 bits per heavy atom. The summed E-state index contributed by atoms with van der Waals surface area (Å²) in [5, 5.41) is 0. The molecule has 0 aliphatic carbocycles. The molecule has 0 amide bonds. The maximum atomic E-state index is 10.8. The smallest absolute Gasteiger partial charge is 0.307 e. The molecule has 0 radical (unpaired) electrons. The Bertz CT molecular complexity index is 293. The van der Waals surface area contributed by atoms with Crippen LogP contribution in [0.1, 0.15) is 32.1 Å². The van der Waals surface area contributed by atoms with E-state index in [0.717, 1.165) is 13.0 Å². The minimum atomic E-state index is -0.268. The van der Waals surface area contributed by atoms with E-state index in [1.54, 1.807) is 0 Å². The summed E-state index contributed by atoms with van der Waals surface area (Å²) in [6.45, 7) is 5.53. The topological polar surface area (TPSA) is 72.5 Å². The Kier molecular flexibility index (Phi) is 23.0. The number of ether oxygens (including phenoxy) is 6. The number of halogens is 1. The highest BCUT2D eigenvalue weighted by Gasteiger charge is 1.99. The van der Waals surface area contributed by atoms with Crippen molar-refractivity contribution in [3.05, 3.63) is 0 Å². The zero-order valence-electron chi connectivity index (χ0n) is 16.0. The third kappa shape index (κ3) is 22.0. The van der Waals surface area contributed by atoms with Gasteiger partial charge in [-0.05, 0) is 17.3 Å². The molecule has 156 valence electrons. The second kappa shape index (κ2) is 23.0. The molecule has 0 saturated carbocycles. The van der Waals surface area contributed by atoms with Crippen LogP contribution in [0.5, 0.6) is 0 Å². The fourth-order valence-corrected chi connectivity index (χ4v) is 2.43. The summed E-state index contributed by atoms with van der Waals surface area (Å²) in [5.41, 5.74) is 0. The van der Waals surface area contributed by atoms with E-state index in [4.69, 9.17) is 23.7 Å². The molecule has 0 spiro atoms. The number of unbranched alkanes of at least 4 members (excludes halogenated alkanes) is 3. The van der Waals surface area contributed by atoms with Crippen molar-refractivity contribution in [2.75, 3.05) is 77.6 Å². The van der Waals surface area contributed by atoms with E-state index in [2.05, 4.69) is 27.3 Å². The normalized spacial score (nSPS) is 11.0. The Morgan fingerprint density at radius 2 is 1.04 bits per heavy atom. The number of hydrogen-bond donors (Lipinski definition) is 0. The molecular formula is C18H35IO7. The fraction of sp³-hybridized carbons (Fsp3) is 0.944. The van der Waals surface area contributed by atoms with E-state index >= 15 is 0 Å². The Balaban J connectivity index is 3.00. The van der Waals surface area contributed by atoms with Gasteiger partial charge in [0.05, 0.1) is 73.0 Å². The van der Waals surface area contributed by atoms with Gasteiger partial charge in [0, 0.05) is 6.61 Å². The molecule has 8 heteroatoms. The lowest BCUT2D eigenvalue weighted by Gasteiger charge is -2.08. The number of alkyl halides is 1. The summed E-state index contributed by atoms with van der Waals surface area (Å²) in [6.07, 6.45) is 5.25. The van der Waals surface area contributed by atoms with Crippen LogP contribution in [0.4, 0.5) is 0 Å². The van der Waals surface area contributed by atoms with Gasteiger partial charge < -0.3 is 28.4 Å². The van der Waals surface area contributed by atoms with Crippen molar-refractivity contribution >= 4 is 28.6 Å². The number of methoxy groups -OCH3 is 1. The lowest BCUT2D eigenvalue weighted by molar-refractivity contribution is -0.141. The molecule has 0 bridgehead atoms. The van der Waals surface area contributed by atoms with Crippen LogP contribution in [-0.2, 0) is 33.2 Å². The summed E-state index contributed by atoms with van der Waals surface area (Å²) in [6, 6.07) is 0. The highest BCUT2D eigenvalue weighted by atomic mass is 127. The Morgan fingerprint density at radius 1 is 0.615 bits per heavy atom. The first-order chi connectivity index (χ1) is 12.8. The first-order valence-corrected chi connectivity index (χ1v) is 10.8. The molecule has 0 atom stereocenters.